The van der Waals surface area contributed by atoms with Crippen LogP contribution in [0.2, 0.25) is 0 Å². The molecule has 1 aromatic heterocycles. The minimum atomic E-state index is -0.945. The van der Waals surface area contributed by atoms with Gasteiger partial charge >= 0.3 is 5.91 Å². The first kappa shape index (κ1) is 27.6. The van der Waals surface area contributed by atoms with E-state index in [0.29, 0.717) is 64.6 Å². The quantitative estimate of drug-likeness (QED) is 0.106. The fraction of sp³-hybridized carbons (Fsp3) is 0.281. The largest absolute Gasteiger partial charge is 0.507 e. The maximum atomic E-state index is 13.7. The first-order chi connectivity index (χ1) is 20.5. The fourth-order valence-electron chi connectivity index (χ4n) is 5.13. The van der Waals surface area contributed by atoms with Crippen LogP contribution in [0.3, 0.4) is 0 Å². The summed E-state index contributed by atoms with van der Waals surface area (Å²) in [6.45, 7) is 3.47. The van der Waals surface area contributed by atoms with Crippen molar-refractivity contribution in [2.24, 2.45) is 0 Å². The van der Waals surface area contributed by atoms with Crippen molar-refractivity contribution < 1.29 is 33.6 Å². The number of rotatable bonds is 9. The van der Waals surface area contributed by atoms with Crippen LogP contribution in [0.1, 0.15) is 43.4 Å². The minimum absolute atomic E-state index is 0.0448. The second-order valence-corrected chi connectivity index (χ2v) is 11.0. The van der Waals surface area contributed by atoms with E-state index in [9.17, 15) is 14.7 Å². The number of Topliss-reactive ketones (excluding diaryl/α,β-unsaturated/α-hetero) is 1. The van der Waals surface area contributed by atoms with E-state index in [1.54, 1.807) is 37.4 Å². The summed E-state index contributed by atoms with van der Waals surface area (Å²) in [5.74, 6) is 0.379. The van der Waals surface area contributed by atoms with E-state index in [-0.39, 0.29) is 11.3 Å². The minimum Gasteiger partial charge on any atom is -0.507 e. The highest BCUT2D eigenvalue weighted by atomic mass is 32.1. The molecule has 1 N–H and O–H groups in total. The normalized spacial score (nSPS) is 17.6. The molecule has 2 aliphatic rings. The van der Waals surface area contributed by atoms with Crippen LogP contribution >= 0.6 is 11.3 Å². The number of aliphatic hydroxyl groups excluding tert-OH is 1. The zero-order valence-electron chi connectivity index (χ0n) is 23.3. The Balaban J connectivity index is 1.47. The maximum absolute atomic E-state index is 13.7. The Morgan fingerprint density at radius 1 is 1.02 bits per heavy atom. The molecule has 0 radical (unpaired) electrons. The molecule has 10 heteroatoms. The molecule has 1 amide bonds. The number of amides is 1. The van der Waals surface area contributed by atoms with Gasteiger partial charge in [-0.25, -0.2) is 4.98 Å². The van der Waals surface area contributed by atoms with E-state index in [4.69, 9.17) is 23.9 Å². The zero-order valence-corrected chi connectivity index (χ0v) is 24.1. The summed E-state index contributed by atoms with van der Waals surface area (Å²) in [5.41, 5.74) is 1.56. The number of thiazole rings is 1. The van der Waals surface area contributed by atoms with Crippen LogP contribution in [0.5, 0.6) is 23.0 Å². The van der Waals surface area contributed by atoms with Gasteiger partial charge in [0, 0.05) is 5.56 Å². The molecule has 0 aliphatic carbocycles. The predicted octanol–water partition coefficient (Wildman–Crippen LogP) is 6.27. The zero-order chi connectivity index (χ0) is 29.2. The number of anilines is 1. The Bertz CT molecular complexity index is 1700. The van der Waals surface area contributed by atoms with Crippen LogP contribution in [0.4, 0.5) is 5.13 Å². The third-order valence-corrected chi connectivity index (χ3v) is 8.26. The topological polar surface area (TPSA) is 107 Å². The molecule has 0 saturated carbocycles. The second-order valence-electron chi connectivity index (χ2n) is 9.99. The highest BCUT2D eigenvalue weighted by Gasteiger charge is 2.48. The number of nitrogens with zero attached hydrogens (tertiary/aromatic N) is 2. The molecule has 6 rings (SSSR count). The first-order valence-electron chi connectivity index (χ1n) is 13.9. The third kappa shape index (κ3) is 5.14. The van der Waals surface area contributed by atoms with Gasteiger partial charge in [0.25, 0.3) is 5.78 Å². The van der Waals surface area contributed by atoms with E-state index in [2.05, 4.69) is 6.92 Å². The number of hydrogen-bond acceptors (Lipinski definition) is 9. The molecule has 1 saturated heterocycles. The van der Waals surface area contributed by atoms with Crippen molar-refractivity contribution in [1.29, 1.82) is 0 Å². The number of aromatic nitrogens is 1. The number of carbonyl (C=O) groups is 2. The van der Waals surface area contributed by atoms with Gasteiger partial charge < -0.3 is 24.1 Å². The Kier molecular flexibility index (Phi) is 7.71. The molecule has 3 aromatic carbocycles. The number of ketones is 1. The summed E-state index contributed by atoms with van der Waals surface area (Å²) >= 11 is 1.27. The Morgan fingerprint density at radius 2 is 1.86 bits per heavy atom. The molecule has 9 nitrogen and oxygen atoms in total. The van der Waals surface area contributed by atoms with Crippen molar-refractivity contribution in [2.75, 3.05) is 31.8 Å². The molecular formula is C32H30N2O7S. The highest BCUT2D eigenvalue weighted by molar-refractivity contribution is 7.22. The summed E-state index contributed by atoms with van der Waals surface area (Å²) < 4.78 is 23.5. The summed E-state index contributed by atoms with van der Waals surface area (Å²) in [5, 5.41) is 11.9. The number of ether oxygens (including phenoxy) is 4. The Morgan fingerprint density at radius 3 is 2.67 bits per heavy atom. The Labute approximate surface area is 246 Å². The molecule has 0 bridgehead atoms. The number of hydrogen-bond donors (Lipinski definition) is 1. The highest BCUT2D eigenvalue weighted by Crippen LogP contribution is 2.46. The summed E-state index contributed by atoms with van der Waals surface area (Å²) in [4.78, 5) is 33.4. The molecule has 1 fully saturated rings. The third-order valence-electron chi connectivity index (χ3n) is 7.24. The maximum Gasteiger partial charge on any atom is 0.301 e. The van der Waals surface area contributed by atoms with Gasteiger partial charge in [0.2, 0.25) is 0 Å². The lowest BCUT2D eigenvalue weighted by Gasteiger charge is -2.24. The van der Waals surface area contributed by atoms with E-state index >= 15 is 0 Å². The molecular weight excluding hydrogens is 556 g/mol. The van der Waals surface area contributed by atoms with Crippen LogP contribution in [0.15, 0.2) is 66.2 Å². The van der Waals surface area contributed by atoms with Gasteiger partial charge in [-0.1, -0.05) is 43.2 Å². The van der Waals surface area contributed by atoms with Gasteiger partial charge in [0.1, 0.15) is 30.5 Å². The number of fused-ring (bicyclic) bond motifs is 2. The van der Waals surface area contributed by atoms with Crippen molar-refractivity contribution in [1.82, 2.24) is 4.98 Å². The average molecular weight is 587 g/mol. The van der Waals surface area contributed by atoms with Gasteiger partial charge in [-0.15, -0.1) is 0 Å². The van der Waals surface area contributed by atoms with Crippen molar-refractivity contribution in [3.63, 3.8) is 0 Å². The van der Waals surface area contributed by atoms with Crippen LogP contribution in [-0.2, 0) is 9.59 Å². The first-order valence-corrected chi connectivity index (χ1v) is 14.7. The molecule has 2 aliphatic heterocycles. The molecule has 3 heterocycles. The number of unbranched alkanes of at least 4 members (excludes halogenated alkanes) is 2. The molecule has 0 spiro atoms. The number of aliphatic hydroxyl groups is 1. The number of carbonyl (C=O) groups excluding carboxylic acids is 2. The van der Waals surface area contributed by atoms with E-state index in [0.717, 1.165) is 24.0 Å². The van der Waals surface area contributed by atoms with Crippen LogP contribution in [-0.4, -0.2) is 48.7 Å². The van der Waals surface area contributed by atoms with Crippen molar-refractivity contribution in [2.45, 2.75) is 32.2 Å². The number of benzene rings is 3. The molecule has 4 aromatic rings. The fourth-order valence-corrected chi connectivity index (χ4v) is 6.15. The van der Waals surface area contributed by atoms with E-state index in [1.807, 2.05) is 30.3 Å². The van der Waals surface area contributed by atoms with Gasteiger partial charge in [0.15, 0.2) is 16.6 Å². The summed E-state index contributed by atoms with van der Waals surface area (Å²) in [7, 11) is 1.58. The van der Waals surface area contributed by atoms with E-state index in [1.165, 1.54) is 16.2 Å². The lowest BCUT2D eigenvalue weighted by molar-refractivity contribution is -0.132. The van der Waals surface area contributed by atoms with Crippen molar-refractivity contribution in [3.05, 3.63) is 77.4 Å². The lowest BCUT2D eigenvalue weighted by atomic mass is 9.95. The van der Waals surface area contributed by atoms with Gasteiger partial charge in [0.05, 0.1) is 35.5 Å². The molecule has 1 unspecified atom stereocenters. The SMILES string of the molecule is CCCCCOc1cccc(C2/C(=C(/O)c3ccc4c(c3)OCCO4)C(=O)C(=O)N2c2nc3ccc(OC)cc3s2)c1. The smallest absolute Gasteiger partial charge is 0.301 e. The van der Waals surface area contributed by atoms with Crippen LogP contribution in [0, 0.1) is 0 Å². The van der Waals surface area contributed by atoms with Gasteiger partial charge in [-0.2, -0.15) is 0 Å². The lowest BCUT2D eigenvalue weighted by Crippen LogP contribution is -2.29. The predicted molar refractivity (Wildman–Crippen MR) is 160 cm³/mol. The average Bonchev–Trinajstić information content (AvgIpc) is 3.56. The standard InChI is InChI=1S/C32H30N2O7S/c1-3-4-5-13-39-22-8-6-7-19(16-22)28-27(29(35)20-9-12-24-25(17-20)41-15-14-40-24)30(36)31(37)34(28)32-33-23-11-10-21(38-2)18-26(23)42-32/h6-12,16-18,28,35H,3-5,13-15H2,1-2H3/b29-27-. The Hall–Kier alpha value is -4.57. The molecule has 1 atom stereocenters. The van der Waals surface area contributed by atoms with Crippen LogP contribution in [0.25, 0.3) is 16.0 Å². The molecule has 216 valence electrons. The summed E-state index contributed by atoms with van der Waals surface area (Å²) in [6.07, 6.45) is 3.04. The van der Waals surface area contributed by atoms with Gasteiger partial charge in [-0.3, -0.25) is 14.5 Å². The second kappa shape index (κ2) is 11.7. The van der Waals surface area contributed by atoms with E-state index < -0.39 is 17.7 Å². The number of methoxy groups -OCH3 is 1. The molecule has 42 heavy (non-hydrogen) atoms. The monoisotopic (exact) mass is 586 g/mol. The summed E-state index contributed by atoms with van der Waals surface area (Å²) in [6, 6.07) is 16.7. The van der Waals surface area contributed by atoms with Crippen molar-refractivity contribution in [3.8, 4) is 23.0 Å². The van der Waals surface area contributed by atoms with Crippen LogP contribution < -0.4 is 23.8 Å². The van der Waals surface area contributed by atoms with Crippen molar-refractivity contribution >= 4 is 44.1 Å². The van der Waals surface area contributed by atoms with Gasteiger partial charge in [-0.05, 0) is 60.5 Å².